The SMILES string of the molecule is CNC(=O)CN(C)C(=O)N1C2CCC1CC(CC(=O)O)C2. The van der Waals surface area contributed by atoms with Gasteiger partial charge in [-0.25, -0.2) is 4.79 Å². The summed E-state index contributed by atoms with van der Waals surface area (Å²) in [6, 6.07) is 0.111. The molecule has 2 fully saturated rings. The number of carbonyl (C=O) groups is 3. The monoisotopic (exact) mass is 297 g/mol. The van der Waals surface area contributed by atoms with Crippen LogP contribution in [0.4, 0.5) is 4.79 Å². The number of nitrogens with one attached hydrogen (secondary N) is 1. The molecule has 2 N–H and O–H groups in total. The smallest absolute Gasteiger partial charge is 0.320 e. The van der Waals surface area contributed by atoms with Crippen LogP contribution in [-0.4, -0.2) is 65.5 Å². The molecule has 7 nitrogen and oxygen atoms in total. The predicted molar refractivity (Wildman–Crippen MR) is 75.7 cm³/mol. The minimum atomic E-state index is -0.768. The summed E-state index contributed by atoms with van der Waals surface area (Å²) in [6.07, 6.45) is 3.55. The molecule has 0 spiro atoms. The van der Waals surface area contributed by atoms with Gasteiger partial charge >= 0.3 is 12.0 Å². The molecule has 2 unspecified atom stereocenters. The van der Waals surface area contributed by atoms with E-state index in [1.807, 2.05) is 4.90 Å². The number of likely N-dealkylation sites (N-methyl/N-ethyl adjacent to an activating group) is 2. The van der Waals surface area contributed by atoms with Gasteiger partial charge in [-0.05, 0) is 31.6 Å². The average molecular weight is 297 g/mol. The summed E-state index contributed by atoms with van der Waals surface area (Å²) in [5.74, 6) is -0.803. The first-order valence-corrected chi connectivity index (χ1v) is 7.38. The summed E-state index contributed by atoms with van der Waals surface area (Å²) in [7, 11) is 3.17. The molecule has 0 aromatic heterocycles. The molecule has 7 heteroatoms. The van der Waals surface area contributed by atoms with E-state index in [2.05, 4.69) is 5.32 Å². The number of rotatable bonds is 4. The minimum Gasteiger partial charge on any atom is -0.481 e. The molecule has 0 saturated carbocycles. The van der Waals surface area contributed by atoms with Crippen LogP contribution >= 0.6 is 0 Å². The molecule has 2 atom stereocenters. The Kier molecular flexibility index (Phi) is 4.69. The largest absolute Gasteiger partial charge is 0.481 e. The van der Waals surface area contributed by atoms with Gasteiger partial charge in [-0.3, -0.25) is 9.59 Å². The molecule has 0 radical (unpaired) electrons. The highest BCUT2D eigenvalue weighted by Crippen LogP contribution is 2.40. The molecule has 2 rings (SSSR count). The van der Waals surface area contributed by atoms with Crippen LogP contribution in [0.1, 0.15) is 32.1 Å². The Hall–Kier alpha value is -1.79. The molecular formula is C14H23N3O4. The number of hydrogen-bond acceptors (Lipinski definition) is 3. The lowest BCUT2D eigenvalue weighted by Crippen LogP contribution is -2.52. The number of carboxylic acids is 1. The van der Waals surface area contributed by atoms with Crippen LogP contribution in [0.15, 0.2) is 0 Å². The van der Waals surface area contributed by atoms with Crippen LogP contribution < -0.4 is 5.32 Å². The van der Waals surface area contributed by atoms with Crippen molar-refractivity contribution in [2.45, 2.75) is 44.2 Å². The van der Waals surface area contributed by atoms with Gasteiger partial charge in [0.2, 0.25) is 5.91 Å². The average Bonchev–Trinajstić information content (AvgIpc) is 2.68. The first-order valence-electron chi connectivity index (χ1n) is 7.38. The van der Waals surface area contributed by atoms with Crippen LogP contribution in [0.25, 0.3) is 0 Å². The molecule has 118 valence electrons. The molecular weight excluding hydrogens is 274 g/mol. The normalized spacial score (nSPS) is 27.3. The zero-order valence-corrected chi connectivity index (χ0v) is 12.5. The number of urea groups is 1. The van der Waals surface area contributed by atoms with Crippen molar-refractivity contribution in [1.29, 1.82) is 0 Å². The maximum Gasteiger partial charge on any atom is 0.320 e. The number of nitrogens with zero attached hydrogens (tertiary/aromatic N) is 2. The second-order valence-electron chi connectivity index (χ2n) is 6.04. The number of amides is 3. The fraction of sp³-hybridized carbons (Fsp3) is 0.786. The van der Waals surface area contributed by atoms with Gasteiger partial charge in [0.15, 0.2) is 0 Å². The second-order valence-corrected chi connectivity index (χ2v) is 6.04. The van der Waals surface area contributed by atoms with Crippen LogP contribution in [-0.2, 0) is 9.59 Å². The molecule has 0 aliphatic carbocycles. The fourth-order valence-corrected chi connectivity index (χ4v) is 3.57. The van der Waals surface area contributed by atoms with Crippen molar-refractivity contribution in [3.8, 4) is 0 Å². The van der Waals surface area contributed by atoms with Crippen molar-refractivity contribution >= 4 is 17.9 Å². The van der Waals surface area contributed by atoms with Gasteiger partial charge in [-0.1, -0.05) is 0 Å². The number of aliphatic carboxylic acids is 1. The van der Waals surface area contributed by atoms with Crippen molar-refractivity contribution in [2.75, 3.05) is 20.6 Å². The number of fused-ring (bicyclic) bond motifs is 2. The molecule has 2 heterocycles. The van der Waals surface area contributed by atoms with E-state index < -0.39 is 5.97 Å². The van der Waals surface area contributed by atoms with E-state index in [0.717, 1.165) is 25.7 Å². The van der Waals surface area contributed by atoms with Crippen LogP contribution in [0.2, 0.25) is 0 Å². The van der Waals surface area contributed by atoms with Gasteiger partial charge in [-0.2, -0.15) is 0 Å². The third-order valence-electron chi connectivity index (χ3n) is 4.50. The van der Waals surface area contributed by atoms with Crippen LogP contribution in [0.3, 0.4) is 0 Å². The van der Waals surface area contributed by atoms with Crippen LogP contribution in [0, 0.1) is 5.92 Å². The van der Waals surface area contributed by atoms with Crippen molar-refractivity contribution in [3.63, 3.8) is 0 Å². The third kappa shape index (κ3) is 3.46. The van der Waals surface area contributed by atoms with E-state index in [0.29, 0.717) is 0 Å². The zero-order valence-electron chi connectivity index (χ0n) is 12.5. The highest BCUT2D eigenvalue weighted by Gasteiger charge is 2.44. The molecule has 2 saturated heterocycles. The van der Waals surface area contributed by atoms with Crippen molar-refractivity contribution in [1.82, 2.24) is 15.1 Å². The summed E-state index contributed by atoms with van der Waals surface area (Å²) in [6.45, 7) is 0.0455. The summed E-state index contributed by atoms with van der Waals surface area (Å²) < 4.78 is 0. The molecule has 0 aromatic rings. The maximum atomic E-state index is 12.5. The maximum absolute atomic E-state index is 12.5. The highest BCUT2D eigenvalue weighted by molar-refractivity contribution is 5.84. The number of carbonyl (C=O) groups excluding carboxylic acids is 2. The standard InChI is InChI=1S/C14H23N3O4/c1-15-12(18)8-16(2)14(21)17-10-3-4-11(17)6-9(5-10)7-13(19)20/h9-11H,3-8H2,1-2H3,(H,15,18)(H,19,20). The minimum absolute atomic E-state index is 0.0455. The summed E-state index contributed by atoms with van der Waals surface area (Å²) in [5.41, 5.74) is 0. The first-order chi connectivity index (χ1) is 9.92. The highest BCUT2D eigenvalue weighted by atomic mass is 16.4. The molecule has 2 bridgehead atoms. The van der Waals surface area contributed by atoms with E-state index in [1.165, 1.54) is 4.90 Å². The molecule has 21 heavy (non-hydrogen) atoms. The summed E-state index contributed by atoms with van der Waals surface area (Å²) in [5, 5.41) is 11.4. The lowest BCUT2D eigenvalue weighted by molar-refractivity contribution is -0.138. The number of carboxylic acid groups (broad SMARTS) is 1. The van der Waals surface area contributed by atoms with Gasteiger partial charge in [0.05, 0.1) is 0 Å². The van der Waals surface area contributed by atoms with Gasteiger partial charge in [0.25, 0.3) is 0 Å². The van der Waals surface area contributed by atoms with E-state index in [-0.39, 0.29) is 42.9 Å². The lowest BCUT2D eigenvalue weighted by atomic mass is 9.88. The second kappa shape index (κ2) is 6.32. The van der Waals surface area contributed by atoms with Crippen molar-refractivity contribution < 1.29 is 19.5 Å². The van der Waals surface area contributed by atoms with Crippen LogP contribution in [0.5, 0.6) is 0 Å². The Bertz CT molecular complexity index is 426. The lowest BCUT2D eigenvalue weighted by Gasteiger charge is -2.40. The summed E-state index contributed by atoms with van der Waals surface area (Å²) in [4.78, 5) is 38.0. The van der Waals surface area contributed by atoms with Gasteiger partial charge in [0.1, 0.15) is 6.54 Å². The Labute approximate surface area is 124 Å². The molecule has 2 aliphatic heterocycles. The van der Waals surface area contributed by atoms with E-state index >= 15 is 0 Å². The van der Waals surface area contributed by atoms with E-state index in [1.54, 1.807) is 14.1 Å². The quantitative estimate of drug-likeness (QED) is 0.791. The Morgan fingerprint density at radius 2 is 1.81 bits per heavy atom. The van der Waals surface area contributed by atoms with Gasteiger partial charge in [0, 0.05) is 32.6 Å². The number of hydrogen-bond donors (Lipinski definition) is 2. The van der Waals surface area contributed by atoms with Gasteiger partial charge < -0.3 is 20.2 Å². The molecule has 0 aromatic carbocycles. The zero-order chi connectivity index (χ0) is 15.6. The third-order valence-corrected chi connectivity index (χ3v) is 4.50. The molecule has 2 aliphatic rings. The Morgan fingerprint density at radius 1 is 1.24 bits per heavy atom. The van der Waals surface area contributed by atoms with E-state index in [4.69, 9.17) is 5.11 Å². The summed E-state index contributed by atoms with van der Waals surface area (Å²) >= 11 is 0. The predicted octanol–water partition coefficient (Wildman–Crippen LogP) is 0.502. The number of piperidine rings is 1. The Morgan fingerprint density at radius 3 is 2.29 bits per heavy atom. The first kappa shape index (κ1) is 15.6. The van der Waals surface area contributed by atoms with E-state index in [9.17, 15) is 14.4 Å². The fourth-order valence-electron chi connectivity index (χ4n) is 3.57. The Balaban J connectivity index is 1.97. The molecule has 3 amide bonds. The topological polar surface area (TPSA) is 90.0 Å². The van der Waals surface area contributed by atoms with Crippen molar-refractivity contribution in [3.05, 3.63) is 0 Å². The van der Waals surface area contributed by atoms with Crippen molar-refractivity contribution in [2.24, 2.45) is 5.92 Å². The van der Waals surface area contributed by atoms with Gasteiger partial charge in [-0.15, -0.1) is 0 Å².